The predicted molar refractivity (Wildman–Crippen MR) is 208 cm³/mol. The minimum Gasteiger partial charge on any atom is -0.357 e. The van der Waals surface area contributed by atoms with Crippen molar-refractivity contribution in [2.45, 2.75) is 19.3 Å². The van der Waals surface area contributed by atoms with Gasteiger partial charge in [0.1, 0.15) is 6.07 Å². The van der Waals surface area contributed by atoms with Crippen molar-refractivity contribution >= 4 is 27.5 Å². The second-order valence-corrected chi connectivity index (χ2v) is 13.4. The van der Waals surface area contributed by atoms with Gasteiger partial charge in [-0.1, -0.05) is 96.6 Å². The Kier molecular flexibility index (Phi) is 7.51. The first-order valence-electron chi connectivity index (χ1n) is 17.5. The summed E-state index contributed by atoms with van der Waals surface area (Å²) in [4.78, 5) is 0. The van der Waals surface area contributed by atoms with E-state index in [4.69, 9.17) is 0 Å². The smallest absolute Gasteiger partial charge is 0.101 e. The molecule has 5 heteroatoms. The molecule has 5 aromatic carbocycles. The summed E-state index contributed by atoms with van der Waals surface area (Å²) in [5.74, 6) is 0.315. The van der Waals surface area contributed by atoms with Crippen LogP contribution in [0.1, 0.15) is 30.4 Å². The molecule has 6 aromatic rings. The molecule has 1 heterocycles. The van der Waals surface area contributed by atoms with Crippen LogP contribution in [-0.4, -0.2) is 4.57 Å². The zero-order chi connectivity index (χ0) is 35.2. The molecule has 1 N–H and O–H groups in total. The Balaban J connectivity index is 1.12. The normalized spacial score (nSPS) is 16.2. The maximum atomic E-state index is 10.4. The first-order chi connectivity index (χ1) is 25.6. The Morgan fingerprint density at radius 1 is 0.654 bits per heavy atom. The molecule has 0 radical (unpaired) electrons. The number of allylic oxidation sites excluding steroid dienone is 10. The molecule has 0 bridgehead atoms. The predicted octanol–water partition coefficient (Wildman–Crippen LogP) is 11.2. The van der Waals surface area contributed by atoms with Gasteiger partial charge in [-0.05, 0) is 90.1 Å². The molecule has 3 aliphatic rings. The fourth-order valence-electron chi connectivity index (χ4n) is 7.82. The van der Waals surface area contributed by atoms with Gasteiger partial charge in [0.15, 0.2) is 0 Å². The van der Waals surface area contributed by atoms with Crippen LogP contribution in [0.15, 0.2) is 168 Å². The van der Waals surface area contributed by atoms with E-state index in [1.807, 2.05) is 54.6 Å². The van der Waals surface area contributed by atoms with Crippen LogP contribution in [0, 0.1) is 39.9 Å². The van der Waals surface area contributed by atoms with Gasteiger partial charge in [0.2, 0.25) is 0 Å². The first-order valence-corrected chi connectivity index (χ1v) is 17.5. The van der Waals surface area contributed by atoms with Crippen molar-refractivity contribution in [3.8, 4) is 46.1 Å². The van der Waals surface area contributed by atoms with Crippen molar-refractivity contribution in [2.75, 3.05) is 5.32 Å². The number of anilines is 1. The molecule has 1 unspecified atom stereocenters. The van der Waals surface area contributed by atoms with Crippen LogP contribution in [-0.2, 0) is 0 Å². The van der Waals surface area contributed by atoms with E-state index < -0.39 is 0 Å². The molecule has 52 heavy (non-hydrogen) atoms. The number of nitriles is 3. The molecular weight excluding hydrogens is 635 g/mol. The average molecular weight is 666 g/mol. The standard InChI is InChI=1S/C47H31N5/c48-27-30-16-22-38(42-26-34(42)24-30)39-11-3-5-14-44(39)51-47-33(29-50)8-7-13-41(47)37-10-2-1-9-36(37)32-18-20-35(21-19-32)52-45-15-6-4-12-40(45)43-25-31(28-49)17-23-46(43)52/h1-4,6-13,15-25,34,51H,5,14,26H2. The molecule has 3 aliphatic carbocycles. The van der Waals surface area contributed by atoms with Gasteiger partial charge in [-0.25, -0.2) is 0 Å². The number of para-hydroxylation sites is 2. The number of nitrogens with zero attached hydrogens (tertiary/aromatic N) is 4. The van der Waals surface area contributed by atoms with Gasteiger partial charge in [-0.3, -0.25) is 0 Å². The number of rotatable bonds is 6. The van der Waals surface area contributed by atoms with Crippen molar-refractivity contribution in [1.29, 1.82) is 15.8 Å². The highest BCUT2D eigenvalue weighted by atomic mass is 15.0. The van der Waals surface area contributed by atoms with Crippen LogP contribution in [0.4, 0.5) is 5.69 Å². The number of nitrogens with one attached hydrogen (secondary N) is 1. The van der Waals surface area contributed by atoms with Crippen LogP contribution in [0.25, 0.3) is 49.7 Å². The Labute approximate surface area is 302 Å². The Morgan fingerprint density at radius 2 is 1.44 bits per heavy atom. The van der Waals surface area contributed by atoms with Crippen LogP contribution < -0.4 is 5.32 Å². The SMILES string of the molecule is N#CC1=CC2CC2=C(C2=C(Nc3c(C#N)cccc3-c3ccccc3-c3ccc(-n4c5ccccc5c5cc(C#N)ccc54)cc3)CCC=C2)C=C1. The van der Waals surface area contributed by atoms with Crippen LogP contribution in [0.3, 0.4) is 0 Å². The van der Waals surface area contributed by atoms with Gasteiger partial charge >= 0.3 is 0 Å². The van der Waals surface area contributed by atoms with E-state index in [0.717, 1.165) is 86.0 Å². The first kappa shape index (κ1) is 30.9. The summed E-state index contributed by atoms with van der Waals surface area (Å²) >= 11 is 0. The lowest BCUT2D eigenvalue weighted by molar-refractivity contribution is 0.949. The second-order valence-electron chi connectivity index (χ2n) is 13.4. The molecule has 0 aliphatic heterocycles. The van der Waals surface area contributed by atoms with E-state index in [-0.39, 0.29) is 0 Å². The topological polar surface area (TPSA) is 88.3 Å². The monoisotopic (exact) mass is 665 g/mol. The van der Waals surface area contributed by atoms with E-state index in [2.05, 4.69) is 113 Å². The maximum Gasteiger partial charge on any atom is 0.101 e. The van der Waals surface area contributed by atoms with E-state index in [1.165, 1.54) is 11.1 Å². The second kappa shape index (κ2) is 12.6. The van der Waals surface area contributed by atoms with Crippen molar-refractivity contribution < 1.29 is 0 Å². The fraction of sp³-hybridized carbons (Fsp3) is 0.0851. The van der Waals surface area contributed by atoms with Gasteiger partial charge in [-0.2, -0.15) is 15.8 Å². The number of hydrogen-bond donors (Lipinski definition) is 1. The van der Waals surface area contributed by atoms with E-state index in [1.54, 1.807) is 0 Å². The Hall–Kier alpha value is -7.13. The van der Waals surface area contributed by atoms with Gasteiger partial charge in [0, 0.05) is 44.8 Å². The highest BCUT2D eigenvalue weighted by Gasteiger charge is 2.33. The Morgan fingerprint density at radius 3 is 2.27 bits per heavy atom. The van der Waals surface area contributed by atoms with Crippen LogP contribution >= 0.6 is 0 Å². The molecule has 9 rings (SSSR count). The van der Waals surface area contributed by atoms with Gasteiger partial charge in [-0.15, -0.1) is 0 Å². The molecule has 0 saturated heterocycles. The molecule has 1 saturated carbocycles. The molecule has 1 fully saturated rings. The Bertz CT molecular complexity index is 2760. The summed E-state index contributed by atoms with van der Waals surface area (Å²) in [6.07, 6.45) is 13.2. The number of fused-ring (bicyclic) bond motifs is 4. The van der Waals surface area contributed by atoms with Crippen molar-refractivity contribution in [1.82, 2.24) is 4.57 Å². The summed E-state index contributed by atoms with van der Waals surface area (Å²) in [7, 11) is 0. The van der Waals surface area contributed by atoms with Crippen molar-refractivity contribution in [3.05, 3.63) is 179 Å². The third-order valence-corrected chi connectivity index (χ3v) is 10.4. The van der Waals surface area contributed by atoms with Crippen LogP contribution in [0.2, 0.25) is 0 Å². The average Bonchev–Trinajstić information content (AvgIpc) is 3.92. The summed E-state index contributed by atoms with van der Waals surface area (Å²) in [6.45, 7) is 0. The lowest BCUT2D eigenvalue weighted by Gasteiger charge is -2.22. The number of hydrogen-bond acceptors (Lipinski definition) is 4. The minimum absolute atomic E-state index is 0.315. The zero-order valence-corrected chi connectivity index (χ0v) is 28.3. The van der Waals surface area contributed by atoms with Gasteiger partial charge in [0.25, 0.3) is 0 Å². The van der Waals surface area contributed by atoms with Crippen molar-refractivity contribution in [3.63, 3.8) is 0 Å². The highest BCUT2D eigenvalue weighted by Crippen LogP contribution is 2.48. The molecule has 1 aromatic heterocycles. The molecule has 1 atom stereocenters. The third kappa shape index (κ3) is 5.23. The fourth-order valence-corrected chi connectivity index (χ4v) is 7.82. The van der Waals surface area contributed by atoms with Gasteiger partial charge in [0.05, 0.1) is 40.0 Å². The quantitative estimate of drug-likeness (QED) is 0.192. The van der Waals surface area contributed by atoms with Gasteiger partial charge < -0.3 is 9.88 Å². The summed E-state index contributed by atoms with van der Waals surface area (Å²) in [6, 6.07) is 44.2. The van der Waals surface area contributed by atoms with E-state index in [0.29, 0.717) is 22.6 Å². The summed E-state index contributed by atoms with van der Waals surface area (Å²) < 4.78 is 2.25. The minimum atomic E-state index is 0.315. The van der Waals surface area contributed by atoms with E-state index in [9.17, 15) is 15.8 Å². The summed E-state index contributed by atoms with van der Waals surface area (Å²) in [5.41, 5.74) is 14.8. The number of aromatic nitrogens is 1. The maximum absolute atomic E-state index is 10.4. The molecule has 0 spiro atoms. The molecule has 0 amide bonds. The number of benzene rings is 5. The largest absolute Gasteiger partial charge is 0.357 e. The summed E-state index contributed by atoms with van der Waals surface area (Å²) in [5, 5.41) is 35.5. The molecule has 244 valence electrons. The van der Waals surface area contributed by atoms with E-state index >= 15 is 0 Å². The molecular formula is C47H31N5. The lowest BCUT2D eigenvalue weighted by Crippen LogP contribution is -2.09. The molecule has 5 nitrogen and oxygen atoms in total. The zero-order valence-electron chi connectivity index (χ0n) is 28.3. The van der Waals surface area contributed by atoms with Crippen LogP contribution in [0.5, 0.6) is 0 Å². The third-order valence-electron chi connectivity index (χ3n) is 10.4. The highest BCUT2D eigenvalue weighted by molar-refractivity contribution is 6.09. The van der Waals surface area contributed by atoms with Crippen molar-refractivity contribution in [2.24, 2.45) is 5.92 Å². The lowest BCUT2D eigenvalue weighted by atomic mass is 9.91.